The topological polar surface area (TPSA) is 90.5 Å². The van der Waals surface area contributed by atoms with Gasteiger partial charge in [-0.2, -0.15) is 4.31 Å². The van der Waals surface area contributed by atoms with E-state index in [4.69, 9.17) is 5.11 Å². The molecule has 3 rings (SSSR count). The lowest BCUT2D eigenvalue weighted by Gasteiger charge is -2.15. The minimum Gasteiger partial charge on any atom is -0.477 e. The molecular weight excluding hydrogens is 268 g/mol. The Bertz CT molecular complexity index is 595. The Labute approximate surface area is 111 Å². The number of nitrogens with one attached hydrogen (secondary N) is 1. The molecule has 1 aliphatic carbocycles. The fourth-order valence-corrected chi connectivity index (χ4v) is 4.73. The molecule has 0 amide bonds. The molecule has 2 atom stereocenters. The van der Waals surface area contributed by atoms with E-state index < -0.39 is 16.0 Å². The van der Waals surface area contributed by atoms with Gasteiger partial charge in [-0.15, -0.1) is 0 Å². The van der Waals surface area contributed by atoms with Crippen LogP contribution in [0.2, 0.25) is 0 Å². The second-order valence-electron chi connectivity index (χ2n) is 5.33. The van der Waals surface area contributed by atoms with Crippen molar-refractivity contribution in [3.8, 4) is 0 Å². The van der Waals surface area contributed by atoms with E-state index in [1.54, 1.807) is 0 Å². The predicted molar refractivity (Wildman–Crippen MR) is 67.3 cm³/mol. The van der Waals surface area contributed by atoms with Gasteiger partial charge in [-0.3, -0.25) is 0 Å². The molecule has 0 bridgehead atoms. The maximum atomic E-state index is 12.4. The number of hydrogen-bond donors (Lipinski definition) is 2. The second-order valence-corrected chi connectivity index (χ2v) is 7.27. The summed E-state index contributed by atoms with van der Waals surface area (Å²) in [5.74, 6) is -0.194. The highest BCUT2D eigenvalue weighted by Gasteiger charge is 2.41. The van der Waals surface area contributed by atoms with Crippen LogP contribution in [0.5, 0.6) is 0 Å². The molecule has 1 aromatic heterocycles. The molecule has 6 nitrogen and oxygen atoms in total. The second kappa shape index (κ2) is 4.35. The van der Waals surface area contributed by atoms with Crippen molar-refractivity contribution in [1.29, 1.82) is 0 Å². The summed E-state index contributed by atoms with van der Waals surface area (Å²) in [4.78, 5) is 13.3. The summed E-state index contributed by atoms with van der Waals surface area (Å²) in [6, 6.07) is 1.19. The first-order valence-electron chi connectivity index (χ1n) is 6.40. The summed E-state index contributed by atoms with van der Waals surface area (Å²) in [6.45, 7) is 1.14. The van der Waals surface area contributed by atoms with Crippen molar-refractivity contribution in [3.63, 3.8) is 0 Å². The van der Waals surface area contributed by atoms with Crippen LogP contribution in [0.25, 0.3) is 0 Å². The Morgan fingerprint density at radius 1 is 1.32 bits per heavy atom. The van der Waals surface area contributed by atoms with E-state index in [-0.39, 0.29) is 10.6 Å². The standard InChI is InChI=1S/C12H16N2O4S/c15-12(16)11-4-10(5-13-11)19(17,18)14-6-8-2-1-3-9(8)7-14/h4-5,8-9,13H,1-3,6-7H2,(H,15,16)/t8-,9-/m0/s1. The molecule has 2 heterocycles. The molecule has 0 unspecified atom stereocenters. The molecule has 1 aromatic rings. The Morgan fingerprint density at radius 3 is 2.47 bits per heavy atom. The van der Waals surface area contributed by atoms with Gasteiger partial charge in [0, 0.05) is 19.3 Å². The van der Waals surface area contributed by atoms with E-state index >= 15 is 0 Å². The fourth-order valence-electron chi connectivity index (χ4n) is 3.18. The van der Waals surface area contributed by atoms with Crippen molar-refractivity contribution in [3.05, 3.63) is 18.0 Å². The number of carboxylic acid groups (broad SMARTS) is 1. The van der Waals surface area contributed by atoms with E-state index in [0.717, 1.165) is 12.8 Å². The average molecular weight is 284 g/mol. The average Bonchev–Trinajstić information content (AvgIpc) is 3.04. The largest absolute Gasteiger partial charge is 0.477 e. The van der Waals surface area contributed by atoms with Gasteiger partial charge in [0.05, 0.1) is 0 Å². The first-order chi connectivity index (χ1) is 8.98. The third-order valence-electron chi connectivity index (χ3n) is 4.22. The number of aromatic nitrogens is 1. The van der Waals surface area contributed by atoms with Crippen LogP contribution >= 0.6 is 0 Å². The molecule has 104 valence electrons. The number of carboxylic acids is 1. The highest BCUT2D eigenvalue weighted by Crippen LogP contribution is 2.39. The number of carbonyl (C=O) groups is 1. The SMILES string of the molecule is O=C(O)c1cc(S(=O)(=O)N2C[C@@H]3CCC[C@H]3C2)c[nH]1. The van der Waals surface area contributed by atoms with Gasteiger partial charge in [-0.05, 0) is 30.7 Å². The zero-order chi connectivity index (χ0) is 13.6. The fraction of sp³-hybridized carbons (Fsp3) is 0.583. The zero-order valence-corrected chi connectivity index (χ0v) is 11.2. The van der Waals surface area contributed by atoms with E-state index in [9.17, 15) is 13.2 Å². The highest BCUT2D eigenvalue weighted by atomic mass is 32.2. The summed E-state index contributed by atoms with van der Waals surface area (Å²) < 4.78 is 26.3. The Morgan fingerprint density at radius 2 is 1.95 bits per heavy atom. The number of H-pyrrole nitrogens is 1. The molecule has 0 aromatic carbocycles. The van der Waals surface area contributed by atoms with Crippen molar-refractivity contribution in [1.82, 2.24) is 9.29 Å². The predicted octanol–water partition coefficient (Wildman–Crippen LogP) is 1.13. The first-order valence-corrected chi connectivity index (χ1v) is 7.84. The number of hydrogen-bond acceptors (Lipinski definition) is 3. The Kier molecular flexibility index (Phi) is 2.90. The summed E-state index contributed by atoms with van der Waals surface area (Å²) in [5.41, 5.74) is -0.0991. The van der Waals surface area contributed by atoms with Gasteiger partial charge < -0.3 is 10.1 Å². The van der Waals surface area contributed by atoms with Crippen molar-refractivity contribution in [2.75, 3.05) is 13.1 Å². The summed E-state index contributed by atoms with van der Waals surface area (Å²) in [5, 5.41) is 8.82. The number of nitrogens with zero attached hydrogens (tertiary/aromatic N) is 1. The van der Waals surface area contributed by atoms with E-state index in [1.807, 2.05) is 0 Å². The highest BCUT2D eigenvalue weighted by molar-refractivity contribution is 7.89. The van der Waals surface area contributed by atoms with Crippen LogP contribution in [0.3, 0.4) is 0 Å². The molecule has 1 saturated heterocycles. The third-order valence-corrected chi connectivity index (χ3v) is 6.03. The molecule has 2 N–H and O–H groups in total. The molecule has 0 spiro atoms. The van der Waals surface area contributed by atoms with Gasteiger partial charge in [-0.25, -0.2) is 13.2 Å². The molecule has 0 radical (unpaired) electrons. The molecule has 1 aliphatic heterocycles. The van der Waals surface area contributed by atoms with Crippen molar-refractivity contribution in [2.45, 2.75) is 24.2 Å². The number of aromatic amines is 1. The third kappa shape index (κ3) is 2.06. The number of fused-ring (bicyclic) bond motifs is 1. The van der Waals surface area contributed by atoms with Gasteiger partial charge >= 0.3 is 5.97 Å². The molecule has 2 aliphatic rings. The van der Waals surface area contributed by atoms with E-state index in [0.29, 0.717) is 24.9 Å². The summed E-state index contributed by atoms with van der Waals surface area (Å²) in [6.07, 6.45) is 4.65. The van der Waals surface area contributed by atoms with E-state index in [2.05, 4.69) is 4.98 Å². The lowest BCUT2D eigenvalue weighted by molar-refractivity contribution is 0.0691. The van der Waals surface area contributed by atoms with Gasteiger partial charge in [0.15, 0.2) is 0 Å². The molecular formula is C12H16N2O4S. The Balaban J connectivity index is 1.84. The lowest BCUT2D eigenvalue weighted by atomic mass is 10.0. The van der Waals surface area contributed by atoms with Crippen molar-refractivity contribution >= 4 is 16.0 Å². The van der Waals surface area contributed by atoms with Crippen LogP contribution in [0.4, 0.5) is 0 Å². The normalized spacial score (nSPS) is 27.6. The maximum Gasteiger partial charge on any atom is 0.352 e. The van der Waals surface area contributed by atoms with Crippen LogP contribution in [0.15, 0.2) is 17.2 Å². The number of aromatic carboxylic acids is 1. The monoisotopic (exact) mass is 284 g/mol. The van der Waals surface area contributed by atoms with Crippen LogP contribution in [0.1, 0.15) is 29.8 Å². The first kappa shape index (κ1) is 12.7. The van der Waals surface area contributed by atoms with E-state index in [1.165, 1.54) is 23.0 Å². The maximum absolute atomic E-state index is 12.4. The van der Waals surface area contributed by atoms with Crippen molar-refractivity contribution < 1.29 is 18.3 Å². The molecule has 1 saturated carbocycles. The van der Waals surface area contributed by atoms with Crippen LogP contribution in [-0.4, -0.2) is 41.9 Å². The number of sulfonamides is 1. The summed E-state index contributed by atoms with van der Waals surface area (Å²) >= 11 is 0. The number of rotatable bonds is 3. The lowest BCUT2D eigenvalue weighted by Crippen LogP contribution is -2.29. The smallest absolute Gasteiger partial charge is 0.352 e. The van der Waals surface area contributed by atoms with Crippen LogP contribution in [0, 0.1) is 11.8 Å². The minimum atomic E-state index is -3.55. The van der Waals surface area contributed by atoms with Gasteiger partial charge in [0.25, 0.3) is 0 Å². The Hall–Kier alpha value is -1.34. The van der Waals surface area contributed by atoms with Crippen molar-refractivity contribution in [2.24, 2.45) is 11.8 Å². The molecule has 2 fully saturated rings. The quantitative estimate of drug-likeness (QED) is 0.870. The van der Waals surface area contributed by atoms with Gasteiger partial charge in [0.1, 0.15) is 10.6 Å². The minimum absolute atomic E-state index is 0.0462. The summed E-state index contributed by atoms with van der Waals surface area (Å²) in [7, 11) is -3.55. The van der Waals surface area contributed by atoms with Gasteiger partial charge in [-0.1, -0.05) is 6.42 Å². The molecule has 19 heavy (non-hydrogen) atoms. The van der Waals surface area contributed by atoms with Crippen LogP contribution < -0.4 is 0 Å². The molecule has 7 heteroatoms. The zero-order valence-electron chi connectivity index (χ0n) is 10.4. The van der Waals surface area contributed by atoms with Gasteiger partial charge in [0.2, 0.25) is 10.0 Å². The van der Waals surface area contributed by atoms with Crippen LogP contribution in [-0.2, 0) is 10.0 Å².